The molecule has 1 aliphatic heterocycles. The first-order chi connectivity index (χ1) is 8.78. The van der Waals surface area contributed by atoms with Gasteiger partial charge >= 0.3 is 0 Å². The first-order valence-corrected chi connectivity index (χ1v) is 7.35. The van der Waals surface area contributed by atoms with Crippen LogP contribution < -0.4 is 5.32 Å². The SMILES string of the molecule is ClCc1cc2nc(Cl)nc(C3CNCCO3)c2s1. The average molecular weight is 304 g/mol. The van der Waals surface area contributed by atoms with Crippen molar-refractivity contribution in [2.45, 2.75) is 12.0 Å². The minimum Gasteiger partial charge on any atom is -0.369 e. The molecule has 3 heterocycles. The highest BCUT2D eigenvalue weighted by Gasteiger charge is 2.22. The zero-order valence-corrected chi connectivity index (χ0v) is 11.8. The van der Waals surface area contributed by atoms with E-state index >= 15 is 0 Å². The Balaban J connectivity index is 2.10. The van der Waals surface area contributed by atoms with E-state index in [4.69, 9.17) is 27.9 Å². The van der Waals surface area contributed by atoms with Gasteiger partial charge in [-0.15, -0.1) is 22.9 Å². The fourth-order valence-electron chi connectivity index (χ4n) is 2.00. The van der Waals surface area contributed by atoms with Crippen molar-refractivity contribution in [3.05, 3.63) is 21.9 Å². The van der Waals surface area contributed by atoms with Crippen molar-refractivity contribution < 1.29 is 4.74 Å². The lowest BCUT2D eigenvalue weighted by atomic mass is 10.2. The fourth-order valence-corrected chi connectivity index (χ4v) is 3.40. The van der Waals surface area contributed by atoms with E-state index in [0.717, 1.165) is 33.9 Å². The van der Waals surface area contributed by atoms with Crippen molar-refractivity contribution in [3.63, 3.8) is 0 Å². The lowest BCUT2D eigenvalue weighted by Crippen LogP contribution is -2.33. The van der Waals surface area contributed by atoms with Crippen LogP contribution in [0.5, 0.6) is 0 Å². The maximum Gasteiger partial charge on any atom is 0.223 e. The monoisotopic (exact) mass is 303 g/mol. The third kappa shape index (κ3) is 2.33. The van der Waals surface area contributed by atoms with Crippen molar-refractivity contribution >= 4 is 44.8 Å². The predicted octanol–water partition coefficient (Wildman–Crippen LogP) is 2.74. The molecule has 3 rings (SSSR count). The van der Waals surface area contributed by atoms with E-state index in [1.165, 1.54) is 0 Å². The number of ether oxygens (including phenoxy) is 1. The molecule has 1 aliphatic rings. The van der Waals surface area contributed by atoms with Crippen LogP contribution in [0.1, 0.15) is 16.7 Å². The van der Waals surface area contributed by atoms with Gasteiger partial charge in [-0.3, -0.25) is 0 Å². The number of nitrogens with zero attached hydrogens (tertiary/aromatic N) is 2. The van der Waals surface area contributed by atoms with Crippen LogP contribution in [0, 0.1) is 0 Å². The first kappa shape index (κ1) is 12.6. The topological polar surface area (TPSA) is 47.0 Å². The molecule has 0 bridgehead atoms. The zero-order valence-electron chi connectivity index (χ0n) is 9.45. The number of hydrogen-bond donors (Lipinski definition) is 1. The van der Waals surface area contributed by atoms with E-state index in [9.17, 15) is 0 Å². The highest BCUT2D eigenvalue weighted by Crippen LogP contribution is 2.33. The molecule has 0 radical (unpaired) electrons. The molecule has 96 valence electrons. The molecule has 0 aromatic carbocycles. The Morgan fingerprint density at radius 3 is 3.11 bits per heavy atom. The van der Waals surface area contributed by atoms with Crippen molar-refractivity contribution in [1.82, 2.24) is 15.3 Å². The number of hydrogen-bond acceptors (Lipinski definition) is 5. The number of fused-ring (bicyclic) bond motifs is 1. The third-order valence-electron chi connectivity index (χ3n) is 2.79. The first-order valence-electron chi connectivity index (χ1n) is 5.62. The Bertz CT molecular complexity index is 569. The minimum atomic E-state index is -0.0661. The molecule has 2 aromatic heterocycles. The average Bonchev–Trinajstić information content (AvgIpc) is 2.81. The molecule has 0 amide bonds. The normalized spacial score (nSPS) is 20.4. The summed E-state index contributed by atoms with van der Waals surface area (Å²) in [5.41, 5.74) is 1.71. The molecule has 0 aliphatic carbocycles. The van der Waals surface area contributed by atoms with Crippen LogP contribution in [0.2, 0.25) is 5.28 Å². The summed E-state index contributed by atoms with van der Waals surface area (Å²) in [6, 6.07) is 1.96. The second kappa shape index (κ2) is 5.27. The number of aromatic nitrogens is 2. The number of thiophene rings is 1. The van der Waals surface area contributed by atoms with E-state index in [1.807, 2.05) is 6.07 Å². The van der Waals surface area contributed by atoms with Crippen molar-refractivity contribution in [2.75, 3.05) is 19.7 Å². The second-order valence-electron chi connectivity index (χ2n) is 4.00. The fraction of sp³-hybridized carbons (Fsp3) is 0.455. The van der Waals surface area contributed by atoms with Crippen LogP contribution in [0.3, 0.4) is 0 Å². The van der Waals surface area contributed by atoms with Gasteiger partial charge in [0, 0.05) is 18.0 Å². The molecule has 1 N–H and O–H groups in total. The van der Waals surface area contributed by atoms with Gasteiger partial charge in [0.2, 0.25) is 5.28 Å². The summed E-state index contributed by atoms with van der Waals surface area (Å²) >= 11 is 13.4. The molecule has 18 heavy (non-hydrogen) atoms. The van der Waals surface area contributed by atoms with Crippen LogP contribution in [0.15, 0.2) is 6.07 Å². The van der Waals surface area contributed by atoms with Crippen LogP contribution in [-0.2, 0) is 10.6 Å². The molecule has 1 saturated heterocycles. The van der Waals surface area contributed by atoms with Crippen LogP contribution >= 0.6 is 34.5 Å². The third-order valence-corrected chi connectivity index (χ3v) is 4.55. The van der Waals surface area contributed by atoms with E-state index in [2.05, 4.69) is 15.3 Å². The molecule has 7 heteroatoms. The molecular formula is C11H11Cl2N3OS. The quantitative estimate of drug-likeness (QED) is 0.684. The number of nitrogens with one attached hydrogen (secondary N) is 1. The second-order valence-corrected chi connectivity index (χ2v) is 5.74. The summed E-state index contributed by atoms with van der Waals surface area (Å²) in [7, 11) is 0. The van der Waals surface area contributed by atoms with Gasteiger partial charge in [0.25, 0.3) is 0 Å². The molecule has 0 saturated carbocycles. The highest BCUT2D eigenvalue weighted by atomic mass is 35.5. The molecule has 1 fully saturated rings. The number of halogens is 2. The van der Waals surface area contributed by atoms with Gasteiger partial charge in [0.15, 0.2) is 0 Å². The molecule has 2 aromatic rings. The molecule has 1 unspecified atom stereocenters. The summed E-state index contributed by atoms with van der Waals surface area (Å²) in [5.74, 6) is 0.474. The number of alkyl halides is 1. The smallest absolute Gasteiger partial charge is 0.223 e. The number of morpholine rings is 1. The van der Waals surface area contributed by atoms with Crippen molar-refractivity contribution in [3.8, 4) is 0 Å². The zero-order chi connectivity index (χ0) is 12.5. The Morgan fingerprint density at radius 1 is 1.50 bits per heavy atom. The van der Waals surface area contributed by atoms with Gasteiger partial charge in [0.1, 0.15) is 6.10 Å². The Morgan fingerprint density at radius 2 is 2.39 bits per heavy atom. The Labute approximate surface area is 118 Å². The molecule has 1 atom stereocenters. The van der Waals surface area contributed by atoms with Gasteiger partial charge in [-0.25, -0.2) is 9.97 Å². The standard InChI is InChI=1S/C11H11Cl2N3OS/c12-4-6-3-7-10(18-6)9(16-11(13)15-7)8-5-14-1-2-17-8/h3,8,14H,1-2,4-5H2. The van der Waals surface area contributed by atoms with Gasteiger partial charge in [0.05, 0.1) is 28.4 Å². The number of rotatable bonds is 2. The van der Waals surface area contributed by atoms with Gasteiger partial charge < -0.3 is 10.1 Å². The van der Waals surface area contributed by atoms with Crippen molar-refractivity contribution in [2.24, 2.45) is 0 Å². The van der Waals surface area contributed by atoms with Crippen LogP contribution in [0.25, 0.3) is 10.2 Å². The minimum absolute atomic E-state index is 0.0661. The Kier molecular flexibility index (Phi) is 3.68. The van der Waals surface area contributed by atoms with E-state index in [1.54, 1.807) is 11.3 Å². The van der Waals surface area contributed by atoms with Gasteiger partial charge in [-0.2, -0.15) is 0 Å². The van der Waals surface area contributed by atoms with E-state index < -0.39 is 0 Å². The summed E-state index contributed by atoms with van der Waals surface area (Å²) in [5, 5.41) is 3.54. The predicted molar refractivity (Wildman–Crippen MR) is 73.5 cm³/mol. The van der Waals surface area contributed by atoms with E-state index in [-0.39, 0.29) is 11.4 Å². The summed E-state index contributed by atoms with van der Waals surface area (Å²) in [6.07, 6.45) is -0.0661. The van der Waals surface area contributed by atoms with Gasteiger partial charge in [-0.05, 0) is 17.7 Å². The highest BCUT2D eigenvalue weighted by molar-refractivity contribution is 7.19. The molecular weight excluding hydrogens is 293 g/mol. The van der Waals surface area contributed by atoms with Crippen LogP contribution in [0.4, 0.5) is 0 Å². The largest absolute Gasteiger partial charge is 0.369 e. The summed E-state index contributed by atoms with van der Waals surface area (Å²) in [6.45, 7) is 2.30. The summed E-state index contributed by atoms with van der Waals surface area (Å²) in [4.78, 5) is 9.62. The van der Waals surface area contributed by atoms with Crippen LogP contribution in [-0.4, -0.2) is 29.7 Å². The Hall–Kier alpha value is -0.460. The van der Waals surface area contributed by atoms with Gasteiger partial charge in [-0.1, -0.05) is 0 Å². The summed E-state index contributed by atoms with van der Waals surface area (Å²) < 4.78 is 6.75. The van der Waals surface area contributed by atoms with E-state index in [0.29, 0.717) is 12.5 Å². The molecule has 0 spiro atoms. The lowest BCUT2D eigenvalue weighted by Gasteiger charge is -2.23. The maximum atomic E-state index is 5.97. The lowest BCUT2D eigenvalue weighted by molar-refractivity contribution is 0.0261. The maximum absolute atomic E-state index is 5.97. The van der Waals surface area contributed by atoms with Crippen molar-refractivity contribution in [1.29, 1.82) is 0 Å². The molecule has 4 nitrogen and oxygen atoms in total.